The molecule has 4 rings (SSSR count). The van der Waals surface area contributed by atoms with Crippen LogP contribution in [0.4, 0.5) is 5.69 Å². The Kier molecular flexibility index (Phi) is 5.76. The van der Waals surface area contributed by atoms with Crippen molar-refractivity contribution in [3.8, 4) is 11.8 Å². The van der Waals surface area contributed by atoms with Crippen LogP contribution in [0.25, 0.3) is 5.57 Å². The number of hydrogen-bond acceptors (Lipinski definition) is 6. The van der Waals surface area contributed by atoms with E-state index in [0.29, 0.717) is 11.8 Å². The third-order valence-corrected chi connectivity index (χ3v) is 5.76. The number of carbonyl (C=O) groups excluding carboxylic acids is 1. The minimum Gasteiger partial charge on any atom is -0.423 e. The molecule has 2 N–H and O–H groups in total. The first-order chi connectivity index (χ1) is 14.9. The first-order valence-corrected chi connectivity index (χ1v) is 10.8. The summed E-state index contributed by atoms with van der Waals surface area (Å²) in [7, 11) is 0. The molecule has 1 fully saturated rings. The van der Waals surface area contributed by atoms with Gasteiger partial charge in [-0.05, 0) is 64.7 Å². The average Bonchev–Trinajstić information content (AvgIpc) is 3.52. The maximum absolute atomic E-state index is 12.4. The predicted molar refractivity (Wildman–Crippen MR) is 122 cm³/mol. The van der Waals surface area contributed by atoms with Crippen molar-refractivity contribution in [2.45, 2.75) is 65.5 Å². The summed E-state index contributed by atoms with van der Waals surface area (Å²) in [5.74, 6) is 0.626. The van der Waals surface area contributed by atoms with Gasteiger partial charge in [-0.1, -0.05) is 0 Å². The lowest BCUT2D eigenvalue weighted by atomic mass is 9.92. The van der Waals surface area contributed by atoms with E-state index in [1.54, 1.807) is 6.92 Å². The second kappa shape index (κ2) is 8.49. The summed E-state index contributed by atoms with van der Waals surface area (Å²) in [6.07, 6.45) is 7.13. The van der Waals surface area contributed by atoms with Crippen molar-refractivity contribution >= 4 is 23.4 Å². The number of allylic oxidation sites excluding steroid dienone is 1. The Morgan fingerprint density at radius 3 is 2.55 bits per heavy atom. The fraction of sp³-hybridized carbons (Fsp3) is 0.417. The van der Waals surface area contributed by atoms with E-state index in [9.17, 15) is 4.79 Å². The molecule has 0 spiro atoms. The Morgan fingerprint density at radius 1 is 1.23 bits per heavy atom. The molecule has 0 radical (unpaired) electrons. The van der Waals surface area contributed by atoms with Gasteiger partial charge in [-0.2, -0.15) is 0 Å². The van der Waals surface area contributed by atoms with Gasteiger partial charge >= 0.3 is 6.01 Å². The lowest BCUT2D eigenvalue weighted by molar-refractivity contribution is -0.117. The number of ether oxygens (including phenoxy) is 1. The molecular weight excluding hydrogens is 390 g/mol. The van der Waals surface area contributed by atoms with Crippen LogP contribution in [0.2, 0.25) is 0 Å². The van der Waals surface area contributed by atoms with Crippen LogP contribution in [-0.2, 0) is 11.2 Å². The molecule has 1 amide bonds. The van der Waals surface area contributed by atoms with Crippen molar-refractivity contribution in [2.24, 2.45) is 0 Å². The van der Waals surface area contributed by atoms with Crippen molar-refractivity contribution in [3.63, 3.8) is 0 Å². The van der Waals surface area contributed by atoms with Crippen molar-refractivity contribution < 1.29 is 9.53 Å². The summed E-state index contributed by atoms with van der Waals surface area (Å²) in [4.78, 5) is 23.1. The number of fused-ring (bicyclic) bond motifs is 1. The Morgan fingerprint density at radius 2 is 1.94 bits per heavy atom. The predicted octanol–water partition coefficient (Wildman–Crippen LogP) is 4.32. The zero-order valence-corrected chi connectivity index (χ0v) is 18.5. The van der Waals surface area contributed by atoms with Gasteiger partial charge in [-0.3, -0.25) is 4.79 Å². The minimum atomic E-state index is 0.00743. The van der Waals surface area contributed by atoms with Crippen LogP contribution in [0.1, 0.15) is 55.6 Å². The third kappa shape index (κ3) is 4.45. The molecule has 2 aromatic rings. The molecule has 1 aliphatic heterocycles. The van der Waals surface area contributed by atoms with Crippen LogP contribution in [-0.4, -0.2) is 34.2 Å². The lowest BCUT2D eigenvalue weighted by Crippen LogP contribution is -2.40. The van der Waals surface area contributed by atoms with Gasteiger partial charge in [-0.25, -0.2) is 9.97 Å². The van der Waals surface area contributed by atoms with E-state index in [2.05, 4.69) is 22.2 Å². The average molecular weight is 420 g/mol. The van der Waals surface area contributed by atoms with E-state index in [-0.39, 0.29) is 18.0 Å². The number of anilines is 1. The Bertz CT molecular complexity index is 1040. The summed E-state index contributed by atoms with van der Waals surface area (Å²) in [6.45, 7) is 7.47. The number of amides is 1. The van der Waals surface area contributed by atoms with Gasteiger partial charge in [-0.15, -0.1) is 0 Å². The highest BCUT2D eigenvalue weighted by molar-refractivity contribution is 6.10. The second-order valence-corrected chi connectivity index (χ2v) is 8.44. The van der Waals surface area contributed by atoms with Gasteiger partial charge < -0.3 is 20.4 Å². The largest absolute Gasteiger partial charge is 0.423 e. The number of aryl methyl sites for hydroxylation is 2. The van der Waals surface area contributed by atoms with Crippen molar-refractivity contribution in [1.29, 1.82) is 5.41 Å². The van der Waals surface area contributed by atoms with Gasteiger partial charge in [0.05, 0.1) is 5.69 Å². The molecule has 0 bridgehead atoms. The Balaban J connectivity index is 1.85. The van der Waals surface area contributed by atoms with Crippen LogP contribution in [0.5, 0.6) is 11.8 Å². The summed E-state index contributed by atoms with van der Waals surface area (Å²) < 4.78 is 6.31. The molecule has 1 atom stereocenters. The highest BCUT2D eigenvalue weighted by Gasteiger charge is 2.30. The highest BCUT2D eigenvalue weighted by Crippen LogP contribution is 2.42. The van der Waals surface area contributed by atoms with Crippen LogP contribution < -0.4 is 15.0 Å². The molecule has 1 aromatic heterocycles. The van der Waals surface area contributed by atoms with Crippen LogP contribution in [0.3, 0.4) is 0 Å². The first-order valence-electron chi connectivity index (χ1n) is 10.8. The van der Waals surface area contributed by atoms with Gasteiger partial charge in [0.2, 0.25) is 5.91 Å². The summed E-state index contributed by atoms with van der Waals surface area (Å²) in [5.41, 5.74) is 4.98. The number of carbonyl (C=O) groups is 1. The SMILES string of the molecule is CC(=O)N1c2ccc(/C(C=N)=C/NC3CC3)c(Oc3nc(C)cc(C)n3)c2CC[C@@H]1C. The zero-order valence-electron chi connectivity index (χ0n) is 18.5. The van der Waals surface area contributed by atoms with E-state index in [1.807, 2.05) is 43.1 Å². The Labute approximate surface area is 183 Å². The monoisotopic (exact) mass is 419 g/mol. The molecular formula is C24H29N5O2. The fourth-order valence-electron chi connectivity index (χ4n) is 4.11. The molecule has 1 aromatic carbocycles. The normalized spacial score (nSPS) is 18.4. The molecule has 0 unspecified atom stereocenters. The van der Waals surface area contributed by atoms with E-state index >= 15 is 0 Å². The molecule has 7 heteroatoms. The number of hydrogen-bond donors (Lipinski definition) is 2. The standard InChI is InChI=1S/C24H29N5O2/c1-14-11-15(2)28-24(27-14)31-23-20(18(12-25)13-26-19-6-7-19)9-10-22-21(23)8-5-16(3)29(22)17(4)30/h9-13,16,19,25-26H,5-8H2,1-4H3/b18-13+,25-12?/t16-/m0/s1. The van der Waals surface area contributed by atoms with Crippen LogP contribution in [0, 0.1) is 19.3 Å². The number of nitrogens with one attached hydrogen (secondary N) is 2. The number of rotatable bonds is 6. The summed E-state index contributed by atoms with van der Waals surface area (Å²) in [5, 5.41) is 11.4. The second-order valence-electron chi connectivity index (χ2n) is 8.44. The summed E-state index contributed by atoms with van der Waals surface area (Å²) >= 11 is 0. The van der Waals surface area contributed by atoms with Crippen molar-refractivity contribution in [1.82, 2.24) is 15.3 Å². The molecule has 2 aliphatic rings. The number of aromatic nitrogens is 2. The van der Waals surface area contributed by atoms with Crippen molar-refractivity contribution in [3.05, 3.63) is 46.9 Å². The van der Waals surface area contributed by atoms with E-state index in [0.717, 1.165) is 59.5 Å². The van der Waals surface area contributed by atoms with Crippen LogP contribution in [0.15, 0.2) is 24.4 Å². The van der Waals surface area contributed by atoms with E-state index in [4.69, 9.17) is 10.1 Å². The van der Waals surface area contributed by atoms with Crippen molar-refractivity contribution in [2.75, 3.05) is 4.90 Å². The number of nitrogens with zero attached hydrogens (tertiary/aromatic N) is 3. The fourth-order valence-corrected chi connectivity index (χ4v) is 4.11. The first kappa shape index (κ1) is 21.0. The smallest absolute Gasteiger partial charge is 0.322 e. The van der Waals surface area contributed by atoms with Crippen LogP contribution >= 0.6 is 0 Å². The molecule has 1 saturated carbocycles. The molecule has 2 heterocycles. The van der Waals surface area contributed by atoms with E-state index in [1.165, 1.54) is 6.21 Å². The number of benzene rings is 1. The van der Waals surface area contributed by atoms with Gasteiger partial charge in [0.1, 0.15) is 5.75 Å². The lowest BCUT2D eigenvalue weighted by Gasteiger charge is -2.35. The zero-order chi connectivity index (χ0) is 22.1. The highest BCUT2D eigenvalue weighted by atomic mass is 16.5. The van der Waals surface area contributed by atoms with Gasteiger partial charge in [0.15, 0.2) is 0 Å². The van der Waals surface area contributed by atoms with Gasteiger partial charge in [0.25, 0.3) is 0 Å². The quantitative estimate of drug-likeness (QED) is 0.681. The summed E-state index contributed by atoms with van der Waals surface area (Å²) in [6, 6.07) is 6.67. The molecule has 0 saturated heterocycles. The third-order valence-electron chi connectivity index (χ3n) is 5.76. The van der Waals surface area contributed by atoms with E-state index < -0.39 is 0 Å². The molecule has 1 aliphatic carbocycles. The topological polar surface area (TPSA) is 91.2 Å². The molecule has 7 nitrogen and oxygen atoms in total. The van der Waals surface area contributed by atoms with Gasteiger partial charge in [0, 0.05) is 59.5 Å². The maximum atomic E-state index is 12.4. The maximum Gasteiger partial charge on any atom is 0.322 e. The Hall–Kier alpha value is -3.22. The minimum absolute atomic E-state index is 0.00743. The molecule has 31 heavy (non-hydrogen) atoms. The molecule has 162 valence electrons.